The average Bonchev–Trinajstić information content (AvgIpc) is 3.39. The van der Waals surface area contributed by atoms with Crippen LogP contribution in [-0.4, -0.2) is 20.4 Å². The maximum absolute atomic E-state index is 13.0. The minimum Gasteiger partial charge on any atom is -0.309 e. The normalized spacial score (nSPS) is 18.9. The van der Waals surface area contributed by atoms with Crippen LogP contribution in [0.3, 0.4) is 0 Å². The minimum atomic E-state index is -3.71. The lowest BCUT2D eigenvalue weighted by Gasteiger charge is -2.22. The number of aryl methyl sites for hydroxylation is 3. The molecule has 0 saturated heterocycles. The molecule has 1 N–H and O–H groups in total. The summed E-state index contributed by atoms with van der Waals surface area (Å²) in [6.45, 7) is 7.83. The Balaban J connectivity index is 1.65. The van der Waals surface area contributed by atoms with E-state index in [4.69, 9.17) is 0 Å². The highest BCUT2D eigenvalue weighted by molar-refractivity contribution is 7.92. The van der Waals surface area contributed by atoms with E-state index in [1.54, 1.807) is 18.2 Å². The molecule has 1 aliphatic heterocycles. The van der Waals surface area contributed by atoms with Crippen LogP contribution in [0.1, 0.15) is 42.0 Å². The number of anilines is 2. The second kappa shape index (κ2) is 6.62. The van der Waals surface area contributed by atoms with Crippen LogP contribution >= 0.6 is 0 Å². The Kier molecular flexibility index (Phi) is 4.49. The minimum absolute atomic E-state index is 0.0654. The summed E-state index contributed by atoms with van der Waals surface area (Å²) in [6.07, 6.45) is 2.60. The average molecular weight is 399 g/mol. The summed E-state index contributed by atoms with van der Waals surface area (Å²) in [5.74, 6) is 0.317. The maximum Gasteiger partial charge on any atom is 0.261 e. The molecule has 0 unspecified atom stereocenters. The molecule has 4 rings (SSSR count). The summed E-state index contributed by atoms with van der Waals surface area (Å²) in [5.41, 5.74) is 5.30. The lowest BCUT2D eigenvalue weighted by atomic mass is 10.1. The van der Waals surface area contributed by atoms with Gasteiger partial charge >= 0.3 is 0 Å². The van der Waals surface area contributed by atoms with Crippen molar-refractivity contribution >= 4 is 27.3 Å². The quantitative estimate of drug-likeness (QED) is 0.843. The monoisotopic (exact) mass is 398 g/mol. The molecule has 0 bridgehead atoms. The largest absolute Gasteiger partial charge is 0.309 e. The zero-order valence-electron chi connectivity index (χ0n) is 16.7. The second-order valence-electron chi connectivity index (χ2n) is 8.21. The molecule has 0 spiro atoms. The number of nitrogens with one attached hydrogen (secondary N) is 1. The molecule has 1 aliphatic carbocycles. The Morgan fingerprint density at radius 1 is 1.07 bits per heavy atom. The van der Waals surface area contributed by atoms with Crippen molar-refractivity contribution in [1.29, 1.82) is 0 Å². The molecule has 2 aromatic rings. The van der Waals surface area contributed by atoms with Crippen molar-refractivity contribution in [2.75, 3.05) is 9.62 Å². The first-order chi connectivity index (χ1) is 13.2. The lowest BCUT2D eigenvalue weighted by molar-refractivity contribution is -0.120. The third kappa shape index (κ3) is 3.30. The van der Waals surface area contributed by atoms with Crippen molar-refractivity contribution in [3.8, 4) is 0 Å². The van der Waals surface area contributed by atoms with Gasteiger partial charge in [0, 0.05) is 17.6 Å². The van der Waals surface area contributed by atoms with Crippen molar-refractivity contribution in [3.05, 3.63) is 52.6 Å². The molecular weight excluding hydrogens is 372 g/mol. The molecular formula is C22H26N2O3S. The van der Waals surface area contributed by atoms with E-state index in [1.807, 2.05) is 44.7 Å². The van der Waals surface area contributed by atoms with E-state index in [0.29, 0.717) is 12.1 Å². The Labute approximate surface area is 166 Å². The predicted octanol–water partition coefficient (Wildman–Crippen LogP) is 4.10. The molecule has 2 aromatic carbocycles. The number of carbonyl (C=O) groups is 1. The number of hydrogen-bond acceptors (Lipinski definition) is 3. The number of hydrogen-bond donors (Lipinski definition) is 1. The highest BCUT2D eigenvalue weighted by Gasteiger charge is 2.39. The van der Waals surface area contributed by atoms with E-state index in [9.17, 15) is 13.2 Å². The van der Waals surface area contributed by atoms with E-state index >= 15 is 0 Å². The number of rotatable bonds is 4. The third-order valence-electron chi connectivity index (χ3n) is 5.65. The second-order valence-corrected chi connectivity index (χ2v) is 9.89. The molecule has 1 fully saturated rings. The molecule has 2 aliphatic rings. The summed E-state index contributed by atoms with van der Waals surface area (Å²) >= 11 is 0. The summed E-state index contributed by atoms with van der Waals surface area (Å²) < 4.78 is 28.8. The standard InChI is InChI=1S/C22H26N2O3S/c1-13-9-14(2)21(15(3)10-13)23-28(26,27)19-7-8-20-18(12-19)11-16(4)24(20)22(25)17-5-6-17/h7-10,12,16-17,23H,5-6,11H2,1-4H3/t16-/m0/s1. The first kappa shape index (κ1) is 19.0. The van der Waals surface area contributed by atoms with Gasteiger partial charge in [-0.25, -0.2) is 8.42 Å². The number of nitrogens with zero attached hydrogens (tertiary/aromatic N) is 1. The van der Waals surface area contributed by atoms with Gasteiger partial charge in [-0.2, -0.15) is 0 Å². The van der Waals surface area contributed by atoms with Gasteiger partial charge in [0.25, 0.3) is 10.0 Å². The molecule has 1 saturated carbocycles. The van der Waals surface area contributed by atoms with Crippen LogP contribution in [0.15, 0.2) is 35.2 Å². The summed E-state index contributed by atoms with van der Waals surface area (Å²) in [6, 6.07) is 9.10. The third-order valence-corrected chi connectivity index (χ3v) is 7.00. The van der Waals surface area contributed by atoms with E-state index in [1.165, 1.54) is 0 Å². The number of fused-ring (bicyclic) bond motifs is 1. The van der Waals surface area contributed by atoms with Crippen LogP contribution < -0.4 is 9.62 Å². The molecule has 5 nitrogen and oxygen atoms in total. The van der Waals surface area contributed by atoms with Gasteiger partial charge in [0.1, 0.15) is 0 Å². The number of carbonyl (C=O) groups excluding carboxylic acids is 1. The SMILES string of the molecule is Cc1cc(C)c(NS(=O)(=O)c2ccc3c(c2)C[C@H](C)N3C(=O)C2CC2)c(C)c1. The first-order valence-electron chi connectivity index (χ1n) is 9.74. The highest BCUT2D eigenvalue weighted by atomic mass is 32.2. The first-order valence-corrected chi connectivity index (χ1v) is 11.2. The zero-order valence-corrected chi connectivity index (χ0v) is 17.6. The van der Waals surface area contributed by atoms with E-state index < -0.39 is 10.0 Å². The molecule has 6 heteroatoms. The fraction of sp³-hybridized carbons (Fsp3) is 0.409. The Morgan fingerprint density at radius 3 is 2.32 bits per heavy atom. The maximum atomic E-state index is 13.0. The van der Waals surface area contributed by atoms with Gasteiger partial charge in [0.2, 0.25) is 5.91 Å². The number of amides is 1. The van der Waals surface area contributed by atoms with Crippen LogP contribution in [-0.2, 0) is 21.2 Å². The van der Waals surface area contributed by atoms with Crippen LogP contribution in [0.5, 0.6) is 0 Å². The Bertz CT molecular complexity index is 1050. The molecule has 1 atom stereocenters. The van der Waals surface area contributed by atoms with Crippen LogP contribution in [0, 0.1) is 26.7 Å². The van der Waals surface area contributed by atoms with Gasteiger partial charge < -0.3 is 4.90 Å². The van der Waals surface area contributed by atoms with Gasteiger partial charge in [0.15, 0.2) is 0 Å². The van der Waals surface area contributed by atoms with Gasteiger partial charge in [-0.15, -0.1) is 0 Å². The van der Waals surface area contributed by atoms with Gasteiger partial charge in [-0.3, -0.25) is 9.52 Å². The predicted molar refractivity (Wildman–Crippen MR) is 111 cm³/mol. The number of benzene rings is 2. The van der Waals surface area contributed by atoms with Crippen molar-refractivity contribution in [1.82, 2.24) is 0 Å². The zero-order chi connectivity index (χ0) is 20.2. The van der Waals surface area contributed by atoms with E-state index in [-0.39, 0.29) is 22.8 Å². The summed E-state index contributed by atoms with van der Waals surface area (Å²) in [5, 5.41) is 0. The molecule has 0 aromatic heterocycles. The van der Waals surface area contributed by atoms with Crippen LogP contribution in [0.2, 0.25) is 0 Å². The topological polar surface area (TPSA) is 66.5 Å². The smallest absolute Gasteiger partial charge is 0.261 e. The molecule has 1 heterocycles. The van der Waals surface area contributed by atoms with Crippen LogP contribution in [0.25, 0.3) is 0 Å². The summed E-state index contributed by atoms with van der Waals surface area (Å²) in [7, 11) is -3.71. The van der Waals surface area contributed by atoms with Crippen molar-refractivity contribution in [2.45, 2.75) is 57.9 Å². The molecule has 0 radical (unpaired) electrons. The Morgan fingerprint density at radius 2 is 1.71 bits per heavy atom. The van der Waals surface area contributed by atoms with Crippen LogP contribution in [0.4, 0.5) is 11.4 Å². The number of sulfonamides is 1. The lowest BCUT2D eigenvalue weighted by Crippen LogP contribution is -2.36. The molecule has 148 valence electrons. The molecule has 28 heavy (non-hydrogen) atoms. The molecule has 1 amide bonds. The van der Waals surface area contributed by atoms with E-state index in [0.717, 1.165) is 40.8 Å². The van der Waals surface area contributed by atoms with Crippen molar-refractivity contribution in [2.24, 2.45) is 5.92 Å². The highest BCUT2D eigenvalue weighted by Crippen LogP contribution is 2.39. The fourth-order valence-electron chi connectivity index (χ4n) is 4.17. The van der Waals surface area contributed by atoms with Crippen molar-refractivity contribution < 1.29 is 13.2 Å². The Hall–Kier alpha value is -2.34. The van der Waals surface area contributed by atoms with Gasteiger partial charge in [-0.1, -0.05) is 17.7 Å². The van der Waals surface area contributed by atoms with Gasteiger partial charge in [0.05, 0.1) is 10.6 Å². The van der Waals surface area contributed by atoms with E-state index in [2.05, 4.69) is 4.72 Å². The fourth-order valence-corrected chi connectivity index (χ4v) is 5.42. The summed E-state index contributed by atoms with van der Waals surface area (Å²) in [4.78, 5) is 14.7. The van der Waals surface area contributed by atoms with Gasteiger partial charge in [-0.05, 0) is 81.8 Å². The van der Waals surface area contributed by atoms with Crippen molar-refractivity contribution in [3.63, 3.8) is 0 Å².